The van der Waals surface area contributed by atoms with Crippen LogP contribution in [0.25, 0.3) is 0 Å². The monoisotopic (exact) mass is 406 g/mol. The fourth-order valence-corrected chi connectivity index (χ4v) is 5.02. The normalized spacial score (nSPS) is 20.2. The molecule has 1 amide bonds. The van der Waals surface area contributed by atoms with Crippen molar-refractivity contribution in [2.45, 2.75) is 38.6 Å². The van der Waals surface area contributed by atoms with Crippen LogP contribution in [0.3, 0.4) is 0 Å². The minimum Gasteiger partial charge on any atom is -0.454 e. The van der Waals surface area contributed by atoms with E-state index in [0.29, 0.717) is 6.54 Å². The van der Waals surface area contributed by atoms with E-state index in [1.165, 1.54) is 24.0 Å². The van der Waals surface area contributed by atoms with Crippen LogP contribution in [-0.4, -0.2) is 48.7 Å². The lowest BCUT2D eigenvalue weighted by molar-refractivity contribution is -0.136. The van der Waals surface area contributed by atoms with Gasteiger partial charge >= 0.3 is 0 Å². The van der Waals surface area contributed by atoms with Gasteiger partial charge in [0.1, 0.15) is 0 Å². The first-order valence-corrected chi connectivity index (χ1v) is 11.2. The molecule has 0 N–H and O–H groups in total. The molecular formula is C25H30N2O3. The maximum absolute atomic E-state index is 13.7. The van der Waals surface area contributed by atoms with Gasteiger partial charge in [0.25, 0.3) is 0 Å². The lowest BCUT2D eigenvalue weighted by atomic mass is 9.83. The maximum Gasteiger partial charge on any atom is 0.231 e. The molecule has 0 unspecified atom stereocenters. The fourth-order valence-electron chi connectivity index (χ4n) is 5.02. The molecule has 0 aromatic heterocycles. The second-order valence-corrected chi connectivity index (χ2v) is 8.67. The molecule has 3 aliphatic rings. The molecule has 158 valence electrons. The van der Waals surface area contributed by atoms with Crippen molar-refractivity contribution in [2.24, 2.45) is 5.92 Å². The molecule has 2 aromatic carbocycles. The largest absolute Gasteiger partial charge is 0.454 e. The lowest BCUT2D eigenvalue weighted by Gasteiger charge is -2.32. The van der Waals surface area contributed by atoms with Gasteiger partial charge in [-0.3, -0.25) is 4.79 Å². The minimum absolute atomic E-state index is 0.0624. The summed E-state index contributed by atoms with van der Waals surface area (Å²) >= 11 is 0. The summed E-state index contributed by atoms with van der Waals surface area (Å²) in [4.78, 5) is 18.2. The van der Waals surface area contributed by atoms with Crippen LogP contribution >= 0.6 is 0 Å². The molecule has 1 aliphatic carbocycles. The molecule has 5 rings (SSSR count). The number of rotatable bonds is 6. The Hall–Kier alpha value is -2.53. The van der Waals surface area contributed by atoms with Crippen molar-refractivity contribution in [3.63, 3.8) is 0 Å². The van der Waals surface area contributed by atoms with E-state index in [0.717, 1.165) is 62.5 Å². The van der Waals surface area contributed by atoms with Crippen molar-refractivity contribution in [1.29, 1.82) is 0 Å². The molecule has 1 atom stereocenters. The maximum atomic E-state index is 13.7. The molecule has 0 bridgehead atoms. The van der Waals surface area contributed by atoms with Crippen molar-refractivity contribution < 1.29 is 14.3 Å². The summed E-state index contributed by atoms with van der Waals surface area (Å²) in [6, 6.07) is 14.5. The minimum atomic E-state index is 0.0624. The summed E-state index contributed by atoms with van der Waals surface area (Å²) in [5.41, 5.74) is 3.77. The standard InChI is InChI=1S/C25H30N2O3/c28-25(21-11-10-19-6-1-2-7-20(19)16-21)27(15-14-26-12-3-4-13-26)17-22-8-5-9-23-24(22)30-18-29-23/h1-2,5-9,21H,3-4,10-18H2/t21-/m1/s1. The van der Waals surface area contributed by atoms with Gasteiger partial charge in [0.2, 0.25) is 12.7 Å². The smallest absolute Gasteiger partial charge is 0.231 e. The van der Waals surface area contributed by atoms with Crippen LogP contribution in [0.15, 0.2) is 42.5 Å². The quantitative estimate of drug-likeness (QED) is 0.735. The number of ether oxygens (including phenoxy) is 2. The molecule has 2 aromatic rings. The van der Waals surface area contributed by atoms with Crippen molar-refractivity contribution in [3.05, 3.63) is 59.2 Å². The zero-order valence-electron chi connectivity index (χ0n) is 17.5. The van der Waals surface area contributed by atoms with Gasteiger partial charge in [-0.1, -0.05) is 36.4 Å². The van der Waals surface area contributed by atoms with Crippen LogP contribution in [-0.2, 0) is 24.2 Å². The number of benzene rings is 2. The van der Waals surface area contributed by atoms with Crippen LogP contribution in [0.5, 0.6) is 11.5 Å². The van der Waals surface area contributed by atoms with E-state index in [4.69, 9.17) is 9.47 Å². The van der Waals surface area contributed by atoms with Crippen molar-refractivity contribution >= 4 is 5.91 Å². The fraction of sp³-hybridized carbons (Fsp3) is 0.480. The Morgan fingerprint density at radius 3 is 2.73 bits per heavy atom. The van der Waals surface area contributed by atoms with Crippen LogP contribution in [0.1, 0.15) is 36.0 Å². The highest BCUT2D eigenvalue weighted by molar-refractivity contribution is 5.79. The number of hydrogen-bond donors (Lipinski definition) is 0. The molecule has 5 heteroatoms. The molecule has 2 aliphatic heterocycles. The Labute approximate surface area is 178 Å². The lowest BCUT2D eigenvalue weighted by Crippen LogP contribution is -2.42. The topological polar surface area (TPSA) is 42.0 Å². The Morgan fingerprint density at radius 1 is 1.03 bits per heavy atom. The number of hydrogen-bond acceptors (Lipinski definition) is 4. The summed E-state index contributed by atoms with van der Waals surface area (Å²) < 4.78 is 11.3. The highest BCUT2D eigenvalue weighted by Crippen LogP contribution is 2.36. The van der Waals surface area contributed by atoms with E-state index < -0.39 is 0 Å². The van der Waals surface area contributed by atoms with Gasteiger partial charge in [-0.15, -0.1) is 0 Å². The first-order chi connectivity index (χ1) is 14.8. The summed E-state index contributed by atoms with van der Waals surface area (Å²) in [6.07, 6.45) is 5.31. The molecule has 30 heavy (non-hydrogen) atoms. The molecule has 1 saturated heterocycles. The van der Waals surface area contributed by atoms with Gasteiger partial charge in [0, 0.05) is 31.1 Å². The number of carbonyl (C=O) groups is 1. The Bertz CT molecular complexity index is 907. The Kier molecular flexibility index (Phi) is 5.63. The zero-order valence-corrected chi connectivity index (χ0v) is 17.5. The predicted octanol–water partition coefficient (Wildman–Crippen LogP) is 3.64. The molecule has 2 heterocycles. The van der Waals surface area contributed by atoms with Crippen LogP contribution < -0.4 is 9.47 Å². The molecular weight excluding hydrogens is 376 g/mol. The van der Waals surface area contributed by atoms with E-state index in [-0.39, 0.29) is 18.6 Å². The predicted molar refractivity (Wildman–Crippen MR) is 116 cm³/mol. The van der Waals surface area contributed by atoms with Gasteiger partial charge in [0.15, 0.2) is 11.5 Å². The van der Waals surface area contributed by atoms with Crippen molar-refractivity contribution in [1.82, 2.24) is 9.80 Å². The van der Waals surface area contributed by atoms with Gasteiger partial charge < -0.3 is 19.3 Å². The summed E-state index contributed by atoms with van der Waals surface area (Å²) in [5.74, 6) is 1.92. The number of amides is 1. The van der Waals surface area contributed by atoms with E-state index in [1.807, 2.05) is 12.1 Å². The summed E-state index contributed by atoms with van der Waals surface area (Å²) in [6.45, 7) is 4.85. The van der Waals surface area contributed by atoms with Crippen LogP contribution in [0.2, 0.25) is 0 Å². The third kappa shape index (κ3) is 4.04. The SMILES string of the molecule is O=C([C@@H]1CCc2ccccc2C1)N(CCN1CCCC1)Cc1cccc2c1OCO2. The third-order valence-electron chi connectivity index (χ3n) is 6.73. The average molecular weight is 407 g/mol. The first-order valence-electron chi connectivity index (χ1n) is 11.2. The number of likely N-dealkylation sites (tertiary alicyclic amines) is 1. The number of para-hydroxylation sites is 1. The number of nitrogens with zero attached hydrogens (tertiary/aromatic N) is 2. The molecule has 0 spiro atoms. The highest BCUT2D eigenvalue weighted by atomic mass is 16.7. The Balaban J connectivity index is 1.34. The third-order valence-corrected chi connectivity index (χ3v) is 6.73. The molecule has 0 saturated carbocycles. The van der Waals surface area contributed by atoms with E-state index >= 15 is 0 Å². The number of aryl methyl sites for hydroxylation is 1. The summed E-state index contributed by atoms with van der Waals surface area (Å²) in [5, 5.41) is 0. The van der Waals surface area contributed by atoms with E-state index in [2.05, 4.69) is 40.1 Å². The summed E-state index contributed by atoms with van der Waals surface area (Å²) in [7, 11) is 0. The van der Waals surface area contributed by atoms with Crippen molar-refractivity contribution in [3.8, 4) is 11.5 Å². The second-order valence-electron chi connectivity index (χ2n) is 8.67. The van der Waals surface area contributed by atoms with Gasteiger partial charge in [0.05, 0.1) is 0 Å². The van der Waals surface area contributed by atoms with Crippen LogP contribution in [0, 0.1) is 5.92 Å². The molecule has 0 radical (unpaired) electrons. The van der Waals surface area contributed by atoms with Gasteiger partial charge in [-0.2, -0.15) is 0 Å². The van der Waals surface area contributed by atoms with Gasteiger partial charge in [-0.05, 0) is 62.4 Å². The van der Waals surface area contributed by atoms with E-state index in [1.54, 1.807) is 0 Å². The van der Waals surface area contributed by atoms with Crippen molar-refractivity contribution in [2.75, 3.05) is 33.0 Å². The first kappa shape index (κ1) is 19.4. The average Bonchev–Trinajstić information content (AvgIpc) is 3.48. The van der Waals surface area contributed by atoms with E-state index in [9.17, 15) is 4.79 Å². The zero-order chi connectivity index (χ0) is 20.3. The highest BCUT2D eigenvalue weighted by Gasteiger charge is 2.30. The van der Waals surface area contributed by atoms with Gasteiger partial charge in [-0.25, -0.2) is 0 Å². The Morgan fingerprint density at radius 2 is 1.87 bits per heavy atom. The molecule has 1 fully saturated rings. The number of carbonyl (C=O) groups excluding carboxylic acids is 1. The second kappa shape index (κ2) is 8.68. The molecule has 5 nitrogen and oxygen atoms in total. The number of fused-ring (bicyclic) bond motifs is 2. The van der Waals surface area contributed by atoms with Crippen LogP contribution in [0.4, 0.5) is 0 Å².